The Morgan fingerprint density at radius 2 is 1.79 bits per heavy atom. The minimum Gasteiger partial charge on any atom is -0.494 e. The lowest BCUT2D eigenvalue weighted by Crippen LogP contribution is -2.31. The maximum atomic E-state index is 13.1. The quantitative estimate of drug-likeness (QED) is 0.732. The summed E-state index contributed by atoms with van der Waals surface area (Å²) in [6.45, 7) is 6.81. The highest BCUT2D eigenvalue weighted by atomic mass is 16.5. The molecule has 0 unspecified atom stereocenters. The molecule has 2 heterocycles. The number of para-hydroxylation sites is 1. The zero-order chi connectivity index (χ0) is 20.8. The molecule has 2 aliphatic rings. The molecular weight excluding hydrogens is 364 g/mol. The third-order valence-corrected chi connectivity index (χ3v) is 5.89. The number of carbonyl (C=O) groups excluding carboxylic acids is 2. The molecule has 2 aliphatic heterocycles. The van der Waals surface area contributed by atoms with Crippen LogP contribution < -0.4 is 14.5 Å². The van der Waals surface area contributed by atoms with E-state index in [4.69, 9.17) is 4.74 Å². The van der Waals surface area contributed by atoms with Crippen LogP contribution in [0.2, 0.25) is 0 Å². The summed E-state index contributed by atoms with van der Waals surface area (Å²) in [6, 6.07) is 15.4. The van der Waals surface area contributed by atoms with E-state index in [0.29, 0.717) is 12.3 Å². The number of nitrogens with zero attached hydrogens (tertiary/aromatic N) is 2. The van der Waals surface area contributed by atoms with E-state index < -0.39 is 5.92 Å². The molecular formula is C24H26N2O3. The maximum Gasteiger partial charge on any atom is 0.241 e. The van der Waals surface area contributed by atoms with Crippen molar-refractivity contribution in [3.05, 3.63) is 65.9 Å². The average molecular weight is 390 g/mol. The number of imide groups is 1. The topological polar surface area (TPSA) is 49.9 Å². The van der Waals surface area contributed by atoms with Crippen molar-refractivity contribution in [1.82, 2.24) is 0 Å². The van der Waals surface area contributed by atoms with E-state index in [2.05, 4.69) is 30.9 Å². The van der Waals surface area contributed by atoms with E-state index in [1.807, 2.05) is 32.2 Å². The zero-order valence-corrected chi connectivity index (χ0v) is 17.3. The summed E-state index contributed by atoms with van der Waals surface area (Å²) in [7, 11) is 2.02. The summed E-state index contributed by atoms with van der Waals surface area (Å²) in [5, 5.41) is 0. The molecule has 150 valence electrons. The molecule has 0 saturated carbocycles. The van der Waals surface area contributed by atoms with Gasteiger partial charge >= 0.3 is 0 Å². The number of fused-ring (bicyclic) bond motifs is 1. The Hall–Kier alpha value is -3.08. The highest BCUT2D eigenvalue weighted by Gasteiger charge is 2.43. The summed E-state index contributed by atoms with van der Waals surface area (Å²) < 4.78 is 5.45. The van der Waals surface area contributed by atoms with Gasteiger partial charge in [0.25, 0.3) is 0 Å². The Balaban J connectivity index is 1.63. The number of anilines is 2. The first-order valence-corrected chi connectivity index (χ1v) is 9.99. The molecule has 1 saturated heterocycles. The van der Waals surface area contributed by atoms with E-state index >= 15 is 0 Å². The Kier molecular flexibility index (Phi) is 4.69. The van der Waals surface area contributed by atoms with Gasteiger partial charge in [0.1, 0.15) is 5.75 Å². The van der Waals surface area contributed by atoms with Gasteiger partial charge in [0, 0.05) is 30.3 Å². The van der Waals surface area contributed by atoms with Crippen molar-refractivity contribution in [2.45, 2.75) is 32.6 Å². The molecule has 0 aromatic heterocycles. The first-order chi connectivity index (χ1) is 13.8. The minimum atomic E-state index is -0.458. The number of likely N-dealkylation sites (N-methyl/N-ethyl adjacent to an activating group) is 1. The number of hydrogen-bond donors (Lipinski definition) is 0. The van der Waals surface area contributed by atoms with E-state index in [0.717, 1.165) is 17.1 Å². The molecule has 29 heavy (non-hydrogen) atoms. The fourth-order valence-electron chi connectivity index (χ4n) is 4.41. The number of amides is 2. The lowest BCUT2D eigenvalue weighted by atomic mass is 9.82. The maximum absolute atomic E-state index is 13.1. The second-order valence-electron chi connectivity index (χ2n) is 8.06. The van der Waals surface area contributed by atoms with Crippen molar-refractivity contribution >= 4 is 23.2 Å². The van der Waals surface area contributed by atoms with Gasteiger partial charge in [0.05, 0.1) is 18.2 Å². The van der Waals surface area contributed by atoms with Crippen molar-refractivity contribution in [3.8, 4) is 5.75 Å². The van der Waals surface area contributed by atoms with Crippen molar-refractivity contribution in [3.63, 3.8) is 0 Å². The van der Waals surface area contributed by atoms with Crippen LogP contribution in [0, 0.1) is 5.92 Å². The Morgan fingerprint density at radius 3 is 2.45 bits per heavy atom. The number of benzene rings is 2. The van der Waals surface area contributed by atoms with Crippen molar-refractivity contribution in [2.75, 3.05) is 23.5 Å². The molecule has 2 aromatic rings. The molecule has 5 nitrogen and oxygen atoms in total. The zero-order valence-electron chi connectivity index (χ0n) is 17.3. The van der Waals surface area contributed by atoms with Gasteiger partial charge in [-0.2, -0.15) is 0 Å². The monoisotopic (exact) mass is 390 g/mol. The smallest absolute Gasteiger partial charge is 0.241 e. The molecule has 0 radical (unpaired) electrons. The highest BCUT2D eigenvalue weighted by Crippen LogP contribution is 2.47. The normalized spacial score (nSPS) is 21.8. The van der Waals surface area contributed by atoms with Crippen LogP contribution in [-0.2, 0) is 15.0 Å². The average Bonchev–Trinajstić information content (AvgIpc) is 3.09. The molecule has 0 aliphatic carbocycles. The Labute approximate surface area is 171 Å². The molecule has 2 amide bonds. The van der Waals surface area contributed by atoms with Crippen LogP contribution in [0.1, 0.15) is 32.8 Å². The number of carbonyl (C=O) groups is 2. The third-order valence-electron chi connectivity index (χ3n) is 5.89. The Bertz CT molecular complexity index is 991. The predicted molar refractivity (Wildman–Crippen MR) is 114 cm³/mol. The molecule has 4 rings (SSSR count). The van der Waals surface area contributed by atoms with Gasteiger partial charge in [-0.05, 0) is 42.8 Å². The number of ether oxygens (including phenoxy) is 1. The highest BCUT2D eigenvalue weighted by molar-refractivity contribution is 6.21. The Morgan fingerprint density at radius 1 is 1.10 bits per heavy atom. The van der Waals surface area contributed by atoms with Crippen molar-refractivity contribution in [1.29, 1.82) is 0 Å². The summed E-state index contributed by atoms with van der Waals surface area (Å²) in [4.78, 5) is 29.2. The first-order valence-electron chi connectivity index (χ1n) is 9.99. The summed E-state index contributed by atoms with van der Waals surface area (Å²) in [5.41, 5.74) is 3.80. The second kappa shape index (κ2) is 7.07. The van der Waals surface area contributed by atoms with Crippen LogP contribution in [-0.4, -0.2) is 25.5 Å². The number of rotatable bonds is 4. The number of allylic oxidation sites excluding steroid dienone is 1. The van der Waals surface area contributed by atoms with Gasteiger partial charge in [0.2, 0.25) is 11.8 Å². The molecule has 1 fully saturated rings. The standard InChI is InChI=1S/C24H26N2O3/c1-5-29-18-12-10-17(11-13-18)26-22(27)15-16(23(26)28)14-21-24(2,3)19-8-6-7-9-20(19)25(21)4/h6-14,16H,5,15H2,1-4H3/b21-14+/t16-/m0/s1. The summed E-state index contributed by atoms with van der Waals surface area (Å²) in [6.07, 6.45) is 2.17. The largest absolute Gasteiger partial charge is 0.494 e. The molecule has 2 aromatic carbocycles. The third kappa shape index (κ3) is 3.11. The van der Waals surface area contributed by atoms with Crippen molar-refractivity contribution < 1.29 is 14.3 Å². The van der Waals surface area contributed by atoms with Crippen LogP contribution in [0.25, 0.3) is 0 Å². The van der Waals surface area contributed by atoms with Gasteiger partial charge in [-0.15, -0.1) is 0 Å². The van der Waals surface area contributed by atoms with Gasteiger partial charge in [-0.1, -0.05) is 38.1 Å². The van der Waals surface area contributed by atoms with Gasteiger partial charge in [-0.3, -0.25) is 14.5 Å². The predicted octanol–water partition coefficient (Wildman–Crippen LogP) is 4.28. The second-order valence-corrected chi connectivity index (χ2v) is 8.06. The van der Waals surface area contributed by atoms with E-state index in [9.17, 15) is 9.59 Å². The van der Waals surface area contributed by atoms with E-state index in [1.54, 1.807) is 24.3 Å². The summed E-state index contributed by atoms with van der Waals surface area (Å²) >= 11 is 0. The van der Waals surface area contributed by atoms with Crippen LogP contribution in [0.3, 0.4) is 0 Å². The molecule has 5 heteroatoms. The lowest BCUT2D eigenvalue weighted by Gasteiger charge is -2.25. The lowest BCUT2D eigenvalue weighted by molar-refractivity contribution is -0.121. The van der Waals surface area contributed by atoms with E-state index in [1.165, 1.54) is 10.5 Å². The number of hydrogen-bond acceptors (Lipinski definition) is 4. The van der Waals surface area contributed by atoms with Gasteiger partial charge in [-0.25, -0.2) is 0 Å². The van der Waals surface area contributed by atoms with Crippen LogP contribution in [0.5, 0.6) is 5.75 Å². The summed E-state index contributed by atoms with van der Waals surface area (Å²) in [5.74, 6) is -0.0787. The molecule has 0 N–H and O–H groups in total. The van der Waals surface area contributed by atoms with Crippen molar-refractivity contribution in [2.24, 2.45) is 5.92 Å². The molecule has 0 spiro atoms. The molecule has 1 atom stereocenters. The van der Waals surface area contributed by atoms with E-state index in [-0.39, 0.29) is 23.7 Å². The molecule has 0 bridgehead atoms. The van der Waals surface area contributed by atoms with Gasteiger partial charge < -0.3 is 9.64 Å². The van der Waals surface area contributed by atoms with Crippen LogP contribution in [0.4, 0.5) is 11.4 Å². The first kappa shape index (κ1) is 19.2. The fraction of sp³-hybridized carbons (Fsp3) is 0.333. The van der Waals surface area contributed by atoms with Gasteiger partial charge in [0.15, 0.2) is 0 Å². The fourth-order valence-corrected chi connectivity index (χ4v) is 4.41. The van der Waals surface area contributed by atoms with Crippen LogP contribution >= 0.6 is 0 Å². The van der Waals surface area contributed by atoms with Crippen LogP contribution in [0.15, 0.2) is 60.3 Å². The SMILES string of the molecule is CCOc1ccc(N2C(=O)C[C@H](/C=C3/N(C)c4ccccc4C3(C)C)C2=O)cc1. The minimum absolute atomic E-state index is 0.169.